The van der Waals surface area contributed by atoms with E-state index in [0.29, 0.717) is 18.1 Å². The van der Waals surface area contributed by atoms with E-state index in [4.69, 9.17) is 9.26 Å². The van der Waals surface area contributed by atoms with E-state index in [-0.39, 0.29) is 6.04 Å². The Morgan fingerprint density at radius 1 is 1.42 bits per heavy atom. The average molecular weight is 259 g/mol. The first kappa shape index (κ1) is 12.2. The lowest BCUT2D eigenvalue weighted by atomic mass is 10.1. The summed E-state index contributed by atoms with van der Waals surface area (Å²) in [7, 11) is 1.67. The Hall–Kier alpha value is -1.88. The molecule has 0 spiro atoms. The molecule has 1 aliphatic rings. The maximum Gasteiger partial charge on any atom is 0.243 e. The van der Waals surface area contributed by atoms with Gasteiger partial charge in [0.25, 0.3) is 0 Å². The predicted molar refractivity (Wildman–Crippen MR) is 70.1 cm³/mol. The molecule has 5 nitrogen and oxygen atoms in total. The topological polar surface area (TPSA) is 60.2 Å². The van der Waals surface area contributed by atoms with Crippen molar-refractivity contribution in [2.24, 2.45) is 0 Å². The van der Waals surface area contributed by atoms with Crippen LogP contribution in [0.1, 0.15) is 36.2 Å². The van der Waals surface area contributed by atoms with Gasteiger partial charge >= 0.3 is 0 Å². The summed E-state index contributed by atoms with van der Waals surface area (Å²) in [5.41, 5.74) is 1.07. The molecule has 2 aromatic rings. The van der Waals surface area contributed by atoms with Gasteiger partial charge in [0.05, 0.1) is 13.2 Å². The number of ether oxygens (including phenoxy) is 1. The Morgan fingerprint density at radius 3 is 3.11 bits per heavy atom. The summed E-state index contributed by atoms with van der Waals surface area (Å²) in [5, 5.41) is 7.40. The fraction of sp³-hybridized carbons (Fsp3) is 0.429. The fourth-order valence-corrected chi connectivity index (χ4v) is 2.40. The van der Waals surface area contributed by atoms with Crippen LogP contribution in [0.15, 0.2) is 28.8 Å². The zero-order valence-electron chi connectivity index (χ0n) is 10.9. The Balaban J connectivity index is 1.76. The summed E-state index contributed by atoms with van der Waals surface area (Å²) in [6.07, 6.45) is 2.85. The molecule has 1 aromatic carbocycles. The minimum absolute atomic E-state index is 0.221. The van der Waals surface area contributed by atoms with E-state index in [1.165, 1.54) is 0 Å². The monoisotopic (exact) mass is 259 g/mol. The Bertz CT molecular complexity index is 547. The smallest absolute Gasteiger partial charge is 0.243 e. The van der Waals surface area contributed by atoms with E-state index >= 15 is 0 Å². The lowest BCUT2D eigenvalue weighted by Gasteiger charge is -2.05. The summed E-state index contributed by atoms with van der Waals surface area (Å²) >= 11 is 0. The van der Waals surface area contributed by atoms with Crippen molar-refractivity contribution >= 4 is 0 Å². The average Bonchev–Trinajstić information content (AvgIpc) is 3.09. The lowest BCUT2D eigenvalue weighted by molar-refractivity contribution is 0.341. The molecule has 1 saturated heterocycles. The quantitative estimate of drug-likeness (QED) is 0.911. The second-order valence-corrected chi connectivity index (χ2v) is 4.69. The number of rotatable bonds is 4. The van der Waals surface area contributed by atoms with Crippen molar-refractivity contribution in [1.29, 1.82) is 0 Å². The Labute approximate surface area is 112 Å². The van der Waals surface area contributed by atoms with E-state index in [9.17, 15) is 0 Å². The zero-order valence-corrected chi connectivity index (χ0v) is 10.9. The third-order valence-electron chi connectivity index (χ3n) is 3.38. The third kappa shape index (κ3) is 2.61. The first-order valence-corrected chi connectivity index (χ1v) is 6.54. The molecule has 1 unspecified atom stereocenters. The molecule has 0 amide bonds. The number of hydrogen-bond donors (Lipinski definition) is 1. The van der Waals surface area contributed by atoms with Crippen LogP contribution in [-0.4, -0.2) is 23.8 Å². The van der Waals surface area contributed by atoms with Crippen LogP contribution in [0.4, 0.5) is 0 Å². The van der Waals surface area contributed by atoms with Crippen molar-refractivity contribution in [2.75, 3.05) is 13.7 Å². The van der Waals surface area contributed by atoms with E-state index in [0.717, 1.165) is 30.7 Å². The van der Waals surface area contributed by atoms with Gasteiger partial charge in [-0.2, -0.15) is 4.98 Å². The Morgan fingerprint density at radius 2 is 2.32 bits per heavy atom. The third-order valence-corrected chi connectivity index (χ3v) is 3.38. The van der Waals surface area contributed by atoms with Crippen molar-refractivity contribution in [3.63, 3.8) is 0 Å². The van der Waals surface area contributed by atoms with Crippen LogP contribution in [0.2, 0.25) is 0 Å². The van der Waals surface area contributed by atoms with Crippen LogP contribution < -0.4 is 10.1 Å². The Kier molecular flexibility index (Phi) is 3.46. The number of nitrogens with one attached hydrogen (secondary N) is 1. The van der Waals surface area contributed by atoms with Gasteiger partial charge < -0.3 is 14.6 Å². The zero-order chi connectivity index (χ0) is 13.1. The van der Waals surface area contributed by atoms with E-state index < -0.39 is 0 Å². The number of hydrogen-bond acceptors (Lipinski definition) is 5. The highest BCUT2D eigenvalue weighted by molar-refractivity contribution is 5.35. The maximum atomic E-state index is 5.33. The number of nitrogens with zero attached hydrogens (tertiary/aromatic N) is 2. The molecule has 0 saturated carbocycles. The molecular formula is C14H17N3O2. The molecule has 0 bridgehead atoms. The summed E-state index contributed by atoms with van der Waals surface area (Å²) in [6.45, 7) is 1.02. The van der Waals surface area contributed by atoms with Crippen molar-refractivity contribution in [1.82, 2.24) is 15.5 Å². The predicted octanol–water partition coefficient (Wildman–Crippen LogP) is 2.09. The highest BCUT2D eigenvalue weighted by Crippen LogP contribution is 2.23. The van der Waals surface area contributed by atoms with Gasteiger partial charge in [0, 0.05) is 12.0 Å². The molecule has 19 heavy (non-hydrogen) atoms. The van der Waals surface area contributed by atoms with Gasteiger partial charge in [-0.15, -0.1) is 0 Å². The summed E-state index contributed by atoms with van der Waals surface area (Å²) in [4.78, 5) is 4.47. The molecular weight excluding hydrogens is 242 g/mol. The first-order valence-electron chi connectivity index (χ1n) is 6.54. The van der Waals surface area contributed by atoms with E-state index in [1.807, 2.05) is 24.3 Å². The van der Waals surface area contributed by atoms with Gasteiger partial charge in [-0.05, 0) is 25.5 Å². The van der Waals surface area contributed by atoms with Crippen molar-refractivity contribution in [2.45, 2.75) is 25.3 Å². The molecule has 5 heteroatoms. The molecule has 100 valence electrons. The molecule has 1 aliphatic heterocycles. The normalized spacial score (nSPS) is 18.7. The maximum absolute atomic E-state index is 5.33. The molecule has 2 heterocycles. The standard InChI is InChI=1S/C14H17N3O2/c1-18-12-7-3-2-5-10(12)9-13-16-14(19-17-13)11-6-4-8-15-11/h2-3,5,7,11,15H,4,6,8-9H2,1H3. The van der Waals surface area contributed by atoms with E-state index in [2.05, 4.69) is 15.5 Å². The van der Waals surface area contributed by atoms with Crippen molar-refractivity contribution in [3.8, 4) is 5.75 Å². The molecule has 1 aromatic heterocycles. The van der Waals surface area contributed by atoms with Crippen molar-refractivity contribution in [3.05, 3.63) is 41.5 Å². The molecule has 1 fully saturated rings. The summed E-state index contributed by atoms with van der Waals surface area (Å²) < 4.78 is 10.7. The molecule has 1 atom stereocenters. The molecule has 0 aliphatic carbocycles. The minimum Gasteiger partial charge on any atom is -0.496 e. The largest absolute Gasteiger partial charge is 0.496 e. The number of para-hydroxylation sites is 1. The minimum atomic E-state index is 0.221. The first-order chi connectivity index (χ1) is 9.36. The number of methoxy groups -OCH3 is 1. The van der Waals surface area contributed by atoms with Gasteiger partial charge in [-0.25, -0.2) is 0 Å². The SMILES string of the molecule is COc1ccccc1Cc1noc(C2CCCN2)n1. The van der Waals surface area contributed by atoms with Gasteiger partial charge in [0.1, 0.15) is 5.75 Å². The number of benzene rings is 1. The van der Waals surface area contributed by atoms with Crippen LogP contribution in [0.5, 0.6) is 5.75 Å². The summed E-state index contributed by atoms with van der Waals surface area (Å²) in [5.74, 6) is 2.25. The van der Waals surface area contributed by atoms with E-state index in [1.54, 1.807) is 7.11 Å². The highest BCUT2D eigenvalue weighted by atomic mass is 16.5. The van der Waals surface area contributed by atoms with Crippen LogP contribution in [0.25, 0.3) is 0 Å². The van der Waals surface area contributed by atoms with Gasteiger partial charge in [0.15, 0.2) is 5.82 Å². The van der Waals surface area contributed by atoms with Crippen LogP contribution in [0, 0.1) is 0 Å². The van der Waals surface area contributed by atoms with Crippen LogP contribution in [-0.2, 0) is 6.42 Å². The molecule has 1 N–H and O–H groups in total. The number of aromatic nitrogens is 2. The van der Waals surface area contributed by atoms with Crippen LogP contribution >= 0.6 is 0 Å². The van der Waals surface area contributed by atoms with Gasteiger partial charge in [-0.3, -0.25) is 0 Å². The lowest BCUT2D eigenvalue weighted by Crippen LogP contribution is -2.13. The van der Waals surface area contributed by atoms with Crippen LogP contribution in [0.3, 0.4) is 0 Å². The second-order valence-electron chi connectivity index (χ2n) is 4.69. The highest BCUT2D eigenvalue weighted by Gasteiger charge is 2.22. The van der Waals surface area contributed by atoms with Gasteiger partial charge in [-0.1, -0.05) is 23.4 Å². The fourth-order valence-electron chi connectivity index (χ4n) is 2.40. The van der Waals surface area contributed by atoms with Gasteiger partial charge in [0.2, 0.25) is 5.89 Å². The molecule has 3 rings (SSSR count). The molecule has 0 radical (unpaired) electrons. The van der Waals surface area contributed by atoms with Crippen molar-refractivity contribution < 1.29 is 9.26 Å². The second kappa shape index (κ2) is 5.40. The summed E-state index contributed by atoms with van der Waals surface area (Å²) in [6, 6.07) is 8.11.